The van der Waals surface area contributed by atoms with Gasteiger partial charge >= 0.3 is 0 Å². The molecule has 13 heavy (non-hydrogen) atoms. The summed E-state index contributed by atoms with van der Waals surface area (Å²) in [5, 5.41) is 3.43. The third-order valence-electron chi connectivity index (χ3n) is 2.22. The van der Waals surface area contributed by atoms with Crippen molar-refractivity contribution in [1.29, 1.82) is 0 Å². The van der Waals surface area contributed by atoms with Gasteiger partial charge in [-0.2, -0.15) is 0 Å². The minimum Gasteiger partial charge on any atom is -0.383 e. The number of ether oxygens (including phenoxy) is 1. The molecule has 1 aliphatic rings. The Hall–Kier alpha value is -0.600. The molecule has 2 heteroatoms. The van der Waals surface area contributed by atoms with Gasteiger partial charge in [-0.25, -0.2) is 0 Å². The second-order valence-electron chi connectivity index (χ2n) is 3.92. The number of hydrogen-bond acceptors (Lipinski definition) is 2. The largest absolute Gasteiger partial charge is 0.383 e. The summed E-state index contributed by atoms with van der Waals surface area (Å²) in [5.41, 5.74) is 0.0824. The Labute approximate surface area is 80.7 Å². The molecule has 0 atom stereocenters. The number of nitrogens with one attached hydrogen (secondary N) is 1. The van der Waals surface area contributed by atoms with Crippen LogP contribution in [0.4, 0.5) is 0 Å². The Balaban J connectivity index is 2.48. The molecule has 0 spiro atoms. The molecule has 1 aliphatic carbocycles. The van der Waals surface area contributed by atoms with Crippen LogP contribution >= 0.6 is 0 Å². The van der Waals surface area contributed by atoms with Crippen LogP contribution in [-0.2, 0) is 4.74 Å². The third kappa shape index (κ3) is 2.98. The van der Waals surface area contributed by atoms with Crippen molar-refractivity contribution in [2.45, 2.75) is 19.9 Å². The molecule has 0 aromatic carbocycles. The van der Waals surface area contributed by atoms with Gasteiger partial charge in [0.2, 0.25) is 0 Å². The van der Waals surface area contributed by atoms with Gasteiger partial charge in [0.05, 0.1) is 6.61 Å². The van der Waals surface area contributed by atoms with Crippen molar-refractivity contribution in [3.05, 3.63) is 24.3 Å². The molecule has 0 heterocycles. The summed E-state index contributed by atoms with van der Waals surface area (Å²) < 4.78 is 5.22. The lowest BCUT2D eigenvalue weighted by atomic mass is 9.91. The van der Waals surface area contributed by atoms with Gasteiger partial charge < -0.3 is 10.1 Å². The van der Waals surface area contributed by atoms with Crippen LogP contribution in [0.2, 0.25) is 0 Å². The molecule has 0 fully saturated rings. The highest BCUT2D eigenvalue weighted by Crippen LogP contribution is 2.25. The van der Waals surface area contributed by atoms with E-state index in [1.807, 2.05) is 0 Å². The van der Waals surface area contributed by atoms with E-state index >= 15 is 0 Å². The molecular formula is C11H19NO. The van der Waals surface area contributed by atoms with Crippen LogP contribution in [0.25, 0.3) is 0 Å². The van der Waals surface area contributed by atoms with Gasteiger partial charge in [-0.05, 0) is 0 Å². The maximum Gasteiger partial charge on any atom is 0.0600 e. The summed E-state index contributed by atoms with van der Waals surface area (Å²) in [6.07, 6.45) is 8.57. The van der Waals surface area contributed by atoms with Gasteiger partial charge in [0.25, 0.3) is 0 Å². The van der Waals surface area contributed by atoms with E-state index in [4.69, 9.17) is 4.74 Å². The van der Waals surface area contributed by atoms with Crippen molar-refractivity contribution >= 4 is 0 Å². The van der Waals surface area contributed by atoms with Crippen LogP contribution in [0, 0.1) is 5.41 Å². The molecule has 0 bridgehead atoms. The minimum absolute atomic E-state index is 0.0824. The first-order valence-electron chi connectivity index (χ1n) is 4.78. The molecule has 74 valence electrons. The highest BCUT2D eigenvalue weighted by Gasteiger charge is 2.25. The molecule has 0 unspecified atom stereocenters. The average molecular weight is 181 g/mol. The first-order chi connectivity index (χ1) is 6.18. The van der Waals surface area contributed by atoms with Gasteiger partial charge in [0, 0.05) is 25.1 Å². The van der Waals surface area contributed by atoms with Gasteiger partial charge in [0.15, 0.2) is 0 Å². The smallest absolute Gasteiger partial charge is 0.0600 e. The fourth-order valence-electron chi connectivity index (χ4n) is 1.48. The Morgan fingerprint density at radius 3 is 2.38 bits per heavy atom. The van der Waals surface area contributed by atoms with Gasteiger partial charge in [-0.1, -0.05) is 38.2 Å². The van der Waals surface area contributed by atoms with Crippen molar-refractivity contribution in [3.8, 4) is 0 Å². The lowest BCUT2D eigenvalue weighted by Crippen LogP contribution is -2.37. The van der Waals surface area contributed by atoms with E-state index < -0.39 is 0 Å². The normalized spacial score (nSPS) is 18.8. The van der Waals surface area contributed by atoms with Gasteiger partial charge in [0.1, 0.15) is 0 Å². The van der Waals surface area contributed by atoms with Crippen LogP contribution in [0.15, 0.2) is 24.3 Å². The standard InChI is InChI=1S/C11H19NO/c1-10(2)12-8-11(9-13-3)6-4-5-7-11/h4-7,10,12H,8-9H2,1-3H3. The van der Waals surface area contributed by atoms with Crippen molar-refractivity contribution in [2.75, 3.05) is 20.3 Å². The van der Waals surface area contributed by atoms with Crippen molar-refractivity contribution < 1.29 is 4.74 Å². The van der Waals surface area contributed by atoms with Crippen LogP contribution in [0.1, 0.15) is 13.8 Å². The molecule has 0 saturated carbocycles. The summed E-state index contributed by atoms with van der Waals surface area (Å²) in [5.74, 6) is 0. The van der Waals surface area contributed by atoms with E-state index in [1.165, 1.54) is 0 Å². The molecule has 0 aromatic rings. The SMILES string of the molecule is COCC1(CNC(C)C)C=CC=C1. The maximum atomic E-state index is 5.22. The highest BCUT2D eigenvalue weighted by molar-refractivity contribution is 5.25. The van der Waals surface area contributed by atoms with Crippen LogP contribution in [-0.4, -0.2) is 26.3 Å². The second kappa shape index (κ2) is 4.58. The fourth-order valence-corrected chi connectivity index (χ4v) is 1.48. The lowest BCUT2D eigenvalue weighted by molar-refractivity contribution is 0.136. The van der Waals surface area contributed by atoms with E-state index in [1.54, 1.807) is 7.11 Å². The summed E-state index contributed by atoms with van der Waals surface area (Å²) in [6, 6.07) is 0.524. The number of hydrogen-bond donors (Lipinski definition) is 1. The average Bonchev–Trinajstić information content (AvgIpc) is 2.51. The molecule has 0 saturated heterocycles. The highest BCUT2D eigenvalue weighted by atomic mass is 16.5. The number of allylic oxidation sites excluding steroid dienone is 2. The predicted molar refractivity (Wildman–Crippen MR) is 55.7 cm³/mol. The van der Waals surface area contributed by atoms with Gasteiger partial charge in [-0.15, -0.1) is 0 Å². The minimum atomic E-state index is 0.0824. The number of methoxy groups -OCH3 is 1. The Morgan fingerprint density at radius 2 is 1.92 bits per heavy atom. The summed E-state index contributed by atoms with van der Waals surface area (Å²) in [6.45, 7) is 6.01. The zero-order valence-electron chi connectivity index (χ0n) is 8.71. The number of rotatable bonds is 5. The molecular weight excluding hydrogens is 162 g/mol. The topological polar surface area (TPSA) is 21.3 Å². The quantitative estimate of drug-likeness (QED) is 0.697. The van der Waals surface area contributed by atoms with Gasteiger partial charge in [-0.3, -0.25) is 0 Å². The molecule has 2 nitrogen and oxygen atoms in total. The Morgan fingerprint density at radius 1 is 1.31 bits per heavy atom. The molecule has 1 rings (SSSR count). The van der Waals surface area contributed by atoms with Crippen molar-refractivity contribution in [3.63, 3.8) is 0 Å². The predicted octanol–water partition coefficient (Wildman–Crippen LogP) is 1.74. The first kappa shape index (κ1) is 10.5. The van der Waals surface area contributed by atoms with Crippen molar-refractivity contribution in [1.82, 2.24) is 5.32 Å². The first-order valence-corrected chi connectivity index (χ1v) is 4.78. The Kier molecular flexibility index (Phi) is 3.70. The van der Waals surface area contributed by atoms with Crippen LogP contribution in [0.3, 0.4) is 0 Å². The Bertz CT molecular complexity index is 194. The van der Waals surface area contributed by atoms with E-state index in [2.05, 4.69) is 43.5 Å². The van der Waals surface area contributed by atoms with Crippen molar-refractivity contribution in [2.24, 2.45) is 5.41 Å². The summed E-state index contributed by atoms with van der Waals surface area (Å²) in [7, 11) is 1.75. The van der Waals surface area contributed by atoms with Crippen LogP contribution in [0.5, 0.6) is 0 Å². The molecule has 0 amide bonds. The summed E-state index contributed by atoms with van der Waals surface area (Å²) in [4.78, 5) is 0. The second-order valence-corrected chi connectivity index (χ2v) is 3.92. The van der Waals surface area contributed by atoms with E-state index in [9.17, 15) is 0 Å². The van der Waals surface area contributed by atoms with Crippen LogP contribution < -0.4 is 5.32 Å². The maximum absolute atomic E-state index is 5.22. The van der Waals surface area contributed by atoms with E-state index in [0.717, 1.165) is 13.2 Å². The zero-order chi connectivity index (χ0) is 9.73. The molecule has 1 N–H and O–H groups in total. The molecule has 0 aromatic heterocycles. The fraction of sp³-hybridized carbons (Fsp3) is 0.636. The third-order valence-corrected chi connectivity index (χ3v) is 2.22. The molecule has 0 radical (unpaired) electrons. The monoisotopic (exact) mass is 181 g/mol. The zero-order valence-corrected chi connectivity index (χ0v) is 8.71. The van der Waals surface area contributed by atoms with E-state index in [0.29, 0.717) is 6.04 Å². The van der Waals surface area contributed by atoms with E-state index in [-0.39, 0.29) is 5.41 Å². The summed E-state index contributed by atoms with van der Waals surface area (Å²) >= 11 is 0. The molecule has 0 aliphatic heterocycles. The lowest BCUT2D eigenvalue weighted by Gasteiger charge is -2.26.